The van der Waals surface area contributed by atoms with E-state index in [2.05, 4.69) is 15.3 Å². The van der Waals surface area contributed by atoms with Crippen LogP contribution in [0, 0.1) is 6.92 Å². The summed E-state index contributed by atoms with van der Waals surface area (Å²) in [6.07, 6.45) is 5.19. The van der Waals surface area contributed by atoms with E-state index in [4.69, 9.17) is 0 Å². The standard InChI is InChI=1S/C15H22N4O2/c1-4-12(5-2)19-14(20)6-13(15(19)21)18-9-11-8-16-10(3)7-17-11/h7-8,12-13,18H,4-6,9H2,1-3H3. The lowest BCUT2D eigenvalue weighted by molar-refractivity contribution is -0.141. The fraction of sp³-hybridized carbons (Fsp3) is 0.600. The molecule has 0 bridgehead atoms. The van der Waals surface area contributed by atoms with Gasteiger partial charge in [-0.1, -0.05) is 13.8 Å². The van der Waals surface area contributed by atoms with Gasteiger partial charge in [0.15, 0.2) is 0 Å². The van der Waals surface area contributed by atoms with Gasteiger partial charge in [-0.3, -0.25) is 29.8 Å². The summed E-state index contributed by atoms with van der Waals surface area (Å²) in [5.74, 6) is -0.199. The van der Waals surface area contributed by atoms with Crippen molar-refractivity contribution >= 4 is 11.8 Å². The predicted molar refractivity (Wildman–Crippen MR) is 78.2 cm³/mol. The Bertz CT molecular complexity index is 511. The van der Waals surface area contributed by atoms with E-state index < -0.39 is 6.04 Å². The molecule has 6 heteroatoms. The Labute approximate surface area is 125 Å². The molecule has 0 spiro atoms. The van der Waals surface area contributed by atoms with Crippen LogP contribution < -0.4 is 5.32 Å². The minimum Gasteiger partial charge on any atom is -0.300 e. The van der Waals surface area contributed by atoms with Gasteiger partial charge in [-0.2, -0.15) is 0 Å². The first-order valence-corrected chi connectivity index (χ1v) is 7.43. The molecule has 1 aromatic heterocycles. The van der Waals surface area contributed by atoms with Gasteiger partial charge in [-0.15, -0.1) is 0 Å². The van der Waals surface area contributed by atoms with Gasteiger partial charge in [-0.25, -0.2) is 0 Å². The lowest BCUT2D eigenvalue weighted by atomic mass is 10.1. The van der Waals surface area contributed by atoms with Crippen molar-refractivity contribution in [3.05, 3.63) is 23.8 Å². The molecule has 0 aliphatic carbocycles. The molecule has 1 atom stereocenters. The fourth-order valence-electron chi connectivity index (χ4n) is 2.59. The van der Waals surface area contributed by atoms with Crippen LogP contribution in [-0.4, -0.2) is 38.8 Å². The average molecular weight is 290 g/mol. The maximum atomic E-state index is 12.4. The van der Waals surface area contributed by atoms with Crippen molar-refractivity contribution in [1.82, 2.24) is 20.2 Å². The van der Waals surface area contributed by atoms with E-state index in [0.717, 1.165) is 24.2 Å². The Morgan fingerprint density at radius 1 is 1.29 bits per heavy atom. The number of hydrogen-bond acceptors (Lipinski definition) is 5. The third kappa shape index (κ3) is 3.44. The van der Waals surface area contributed by atoms with Crippen LogP contribution in [0.1, 0.15) is 44.5 Å². The van der Waals surface area contributed by atoms with Gasteiger partial charge < -0.3 is 0 Å². The maximum absolute atomic E-state index is 12.4. The van der Waals surface area contributed by atoms with Crippen LogP contribution in [0.15, 0.2) is 12.4 Å². The molecule has 1 N–H and O–H groups in total. The van der Waals surface area contributed by atoms with E-state index in [-0.39, 0.29) is 24.3 Å². The molecule has 114 valence electrons. The van der Waals surface area contributed by atoms with Crippen LogP contribution in [-0.2, 0) is 16.1 Å². The van der Waals surface area contributed by atoms with Gasteiger partial charge in [0.1, 0.15) is 0 Å². The number of aromatic nitrogens is 2. The summed E-state index contributed by atoms with van der Waals surface area (Å²) in [5, 5.41) is 3.12. The molecule has 1 fully saturated rings. The van der Waals surface area contributed by atoms with E-state index in [9.17, 15) is 9.59 Å². The lowest BCUT2D eigenvalue weighted by Gasteiger charge is -2.24. The minimum atomic E-state index is -0.443. The Kier molecular flexibility index (Phi) is 5.01. The second-order valence-corrected chi connectivity index (χ2v) is 5.36. The van der Waals surface area contributed by atoms with Crippen molar-refractivity contribution in [3.63, 3.8) is 0 Å². The number of carbonyl (C=O) groups excluding carboxylic acids is 2. The van der Waals surface area contributed by atoms with Gasteiger partial charge in [0.05, 0.1) is 23.9 Å². The summed E-state index contributed by atoms with van der Waals surface area (Å²) in [5.41, 5.74) is 1.62. The van der Waals surface area contributed by atoms with Crippen molar-refractivity contribution in [2.75, 3.05) is 0 Å². The van der Waals surface area contributed by atoms with Crippen LogP contribution in [0.25, 0.3) is 0 Å². The van der Waals surface area contributed by atoms with Gasteiger partial charge in [0.2, 0.25) is 11.8 Å². The second kappa shape index (κ2) is 6.76. The van der Waals surface area contributed by atoms with Gasteiger partial charge >= 0.3 is 0 Å². The molecule has 1 unspecified atom stereocenters. The molecule has 0 radical (unpaired) electrons. The number of aryl methyl sites for hydroxylation is 1. The molecule has 1 aliphatic heterocycles. The van der Waals surface area contributed by atoms with Gasteiger partial charge in [0.25, 0.3) is 0 Å². The number of imide groups is 1. The normalized spacial score (nSPS) is 18.9. The van der Waals surface area contributed by atoms with Crippen LogP contribution in [0.4, 0.5) is 0 Å². The zero-order valence-corrected chi connectivity index (χ0v) is 12.8. The van der Waals surface area contributed by atoms with Crippen LogP contribution in [0.5, 0.6) is 0 Å². The van der Waals surface area contributed by atoms with Gasteiger partial charge in [-0.05, 0) is 19.8 Å². The van der Waals surface area contributed by atoms with E-state index in [0.29, 0.717) is 6.54 Å². The van der Waals surface area contributed by atoms with Crippen LogP contribution in [0.2, 0.25) is 0 Å². The van der Waals surface area contributed by atoms with E-state index >= 15 is 0 Å². The monoisotopic (exact) mass is 290 g/mol. The molecule has 2 rings (SSSR count). The summed E-state index contributed by atoms with van der Waals surface area (Å²) in [4.78, 5) is 34.2. The zero-order valence-electron chi connectivity index (χ0n) is 12.8. The summed E-state index contributed by atoms with van der Waals surface area (Å²) < 4.78 is 0. The molecule has 0 aromatic carbocycles. The Hall–Kier alpha value is -1.82. The van der Waals surface area contributed by atoms with E-state index in [1.165, 1.54) is 4.90 Å². The lowest BCUT2D eigenvalue weighted by Crippen LogP contribution is -2.43. The second-order valence-electron chi connectivity index (χ2n) is 5.36. The van der Waals surface area contributed by atoms with Crippen molar-refractivity contribution in [2.24, 2.45) is 0 Å². The SMILES string of the molecule is CCC(CC)N1C(=O)CC(NCc2cnc(C)cn2)C1=O. The molecule has 6 nitrogen and oxygen atoms in total. The predicted octanol–water partition coefficient (Wildman–Crippen LogP) is 1.19. The fourth-order valence-corrected chi connectivity index (χ4v) is 2.59. The minimum absolute atomic E-state index is 0.0102. The molecule has 0 saturated carbocycles. The number of hydrogen-bond donors (Lipinski definition) is 1. The summed E-state index contributed by atoms with van der Waals surface area (Å²) >= 11 is 0. The molecule has 1 aromatic rings. The van der Waals surface area contributed by atoms with E-state index in [1.54, 1.807) is 12.4 Å². The first kappa shape index (κ1) is 15.6. The Balaban J connectivity index is 1.97. The average Bonchev–Trinajstić information content (AvgIpc) is 2.76. The van der Waals surface area contributed by atoms with Crippen molar-refractivity contribution < 1.29 is 9.59 Å². The maximum Gasteiger partial charge on any atom is 0.247 e. The zero-order chi connectivity index (χ0) is 15.4. The molecular formula is C15H22N4O2. The molecule has 2 heterocycles. The highest BCUT2D eigenvalue weighted by molar-refractivity contribution is 6.05. The van der Waals surface area contributed by atoms with Crippen molar-refractivity contribution in [1.29, 1.82) is 0 Å². The number of likely N-dealkylation sites (tertiary alicyclic amines) is 1. The first-order valence-electron chi connectivity index (χ1n) is 7.43. The first-order chi connectivity index (χ1) is 10.1. The molecular weight excluding hydrogens is 268 g/mol. The molecule has 21 heavy (non-hydrogen) atoms. The van der Waals surface area contributed by atoms with Crippen molar-refractivity contribution in [3.8, 4) is 0 Å². The highest BCUT2D eigenvalue weighted by Crippen LogP contribution is 2.20. The highest BCUT2D eigenvalue weighted by atomic mass is 16.2. The van der Waals surface area contributed by atoms with E-state index in [1.807, 2.05) is 20.8 Å². The summed E-state index contributed by atoms with van der Waals surface area (Å²) in [6.45, 7) is 6.30. The third-order valence-electron chi connectivity index (χ3n) is 3.85. The van der Waals surface area contributed by atoms with Crippen molar-refractivity contribution in [2.45, 2.75) is 58.7 Å². The number of rotatable bonds is 6. The topological polar surface area (TPSA) is 75.2 Å². The quantitative estimate of drug-likeness (QED) is 0.797. The Morgan fingerprint density at radius 3 is 2.57 bits per heavy atom. The number of nitrogens with zero attached hydrogens (tertiary/aromatic N) is 3. The molecule has 1 aliphatic rings. The number of nitrogens with one attached hydrogen (secondary N) is 1. The van der Waals surface area contributed by atoms with Crippen LogP contribution in [0.3, 0.4) is 0 Å². The Morgan fingerprint density at radius 2 is 2.00 bits per heavy atom. The largest absolute Gasteiger partial charge is 0.300 e. The third-order valence-corrected chi connectivity index (χ3v) is 3.85. The van der Waals surface area contributed by atoms with Crippen LogP contribution >= 0.6 is 0 Å². The smallest absolute Gasteiger partial charge is 0.247 e. The number of amides is 2. The molecule has 1 saturated heterocycles. The summed E-state index contributed by atoms with van der Waals surface area (Å²) in [6, 6.07) is -0.433. The highest BCUT2D eigenvalue weighted by Gasteiger charge is 2.40. The number of carbonyl (C=O) groups is 2. The molecule has 2 amide bonds. The van der Waals surface area contributed by atoms with Gasteiger partial charge in [0, 0.05) is 25.0 Å². The summed E-state index contributed by atoms with van der Waals surface area (Å²) in [7, 11) is 0.